The number of aryl methyl sites for hydroxylation is 1. The summed E-state index contributed by atoms with van der Waals surface area (Å²) >= 11 is 0. The highest BCUT2D eigenvalue weighted by Crippen LogP contribution is 2.32. The smallest absolute Gasteiger partial charge is 0.155 e. The molecule has 2 heterocycles. The van der Waals surface area contributed by atoms with Gasteiger partial charge in [-0.2, -0.15) is 0 Å². The summed E-state index contributed by atoms with van der Waals surface area (Å²) < 4.78 is 14.3. The van der Waals surface area contributed by atoms with Crippen molar-refractivity contribution in [1.82, 2.24) is 4.90 Å². The summed E-state index contributed by atoms with van der Waals surface area (Å²) in [6, 6.07) is 15.5. The molecule has 2 aromatic rings. The number of halogens is 1. The fourth-order valence-corrected chi connectivity index (χ4v) is 5.91. The Hall–Kier alpha value is -2.40. The van der Waals surface area contributed by atoms with Crippen LogP contribution in [0.4, 0.5) is 15.8 Å². The quantitative estimate of drug-likeness (QED) is 0.725. The second-order valence-electron chi connectivity index (χ2n) is 9.60. The van der Waals surface area contributed by atoms with Crippen LogP contribution in [0.3, 0.4) is 0 Å². The van der Waals surface area contributed by atoms with Gasteiger partial charge in [-0.3, -0.25) is 9.69 Å². The van der Waals surface area contributed by atoms with E-state index in [0.29, 0.717) is 11.5 Å². The largest absolute Gasteiger partial charge is 0.380 e. The van der Waals surface area contributed by atoms with Crippen molar-refractivity contribution in [3.63, 3.8) is 0 Å². The average molecular weight is 436 g/mol. The van der Waals surface area contributed by atoms with Crippen molar-refractivity contribution in [2.75, 3.05) is 36.4 Å². The molecule has 1 saturated carbocycles. The summed E-state index contributed by atoms with van der Waals surface area (Å²) in [6.07, 6.45) is 7.66. The predicted molar refractivity (Wildman–Crippen MR) is 128 cm³/mol. The molecule has 5 rings (SSSR count). The molecule has 2 fully saturated rings. The van der Waals surface area contributed by atoms with Crippen molar-refractivity contribution in [2.24, 2.45) is 5.92 Å². The van der Waals surface area contributed by atoms with Crippen LogP contribution in [0, 0.1) is 11.7 Å². The number of benzene rings is 2. The third-order valence-corrected chi connectivity index (χ3v) is 7.66. The number of carbonyl (C=O) groups excluding carboxylic acids is 1. The van der Waals surface area contributed by atoms with Gasteiger partial charge in [0.1, 0.15) is 5.82 Å². The maximum absolute atomic E-state index is 14.3. The fraction of sp³-hybridized carbons (Fsp3) is 0.519. The van der Waals surface area contributed by atoms with Crippen molar-refractivity contribution in [1.29, 1.82) is 0 Å². The van der Waals surface area contributed by atoms with E-state index in [1.807, 2.05) is 12.1 Å². The lowest BCUT2D eigenvalue weighted by atomic mass is 9.80. The van der Waals surface area contributed by atoms with Crippen molar-refractivity contribution < 1.29 is 9.18 Å². The number of ketones is 1. The molecule has 3 aliphatic rings. The normalized spacial score (nSPS) is 23.3. The van der Waals surface area contributed by atoms with Crippen molar-refractivity contribution in [3.8, 4) is 0 Å². The zero-order valence-electron chi connectivity index (χ0n) is 18.8. The number of Topliss-reactive ketones (excluding diaryl/α,β-unsaturated/α-hetero) is 1. The second kappa shape index (κ2) is 9.62. The maximum Gasteiger partial charge on any atom is 0.155 e. The monoisotopic (exact) mass is 435 g/mol. The molecule has 32 heavy (non-hydrogen) atoms. The van der Waals surface area contributed by atoms with Crippen LogP contribution in [0.2, 0.25) is 0 Å². The number of rotatable bonds is 5. The molecule has 0 amide bonds. The van der Waals surface area contributed by atoms with Gasteiger partial charge >= 0.3 is 0 Å². The minimum Gasteiger partial charge on any atom is -0.380 e. The highest BCUT2D eigenvalue weighted by Gasteiger charge is 2.40. The van der Waals surface area contributed by atoms with Gasteiger partial charge in [0.25, 0.3) is 0 Å². The van der Waals surface area contributed by atoms with Crippen LogP contribution in [0.5, 0.6) is 0 Å². The first kappa shape index (κ1) is 21.4. The van der Waals surface area contributed by atoms with Crippen molar-refractivity contribution >= 4 is 17.2 Å². The van der Waals surface area contributed by atoms with E-state index in [2.05, 4.69) is 39.4 Å². The molecule has 5 heteroatoms. The minimum atomic E-state index is -0.165. The molecule has 2 atom stereocenters. The molecule has 170 valence electrons. The van der Waals surface area contributed by atoms with Gasteiger partial charge in [-0.25, -0.2) is 4.39 Å². The molecular formula is C27H34FN3O. The number of hydrogen-bond donors (Lipinski definition) is 1. The Morgan fingerprint density at radius 2 is 1.62 bits per heavy atom. The highest BCUT2D eigenvalue weighted by atomic mass is 19.1. The molecule has 1 aliphatic carbocycles. The van der Waals surface area contributed by atoms with E-state index in [0.717, 1.165) is 51.9 Å². The molecule has 1 N–H and O–H groups in total. The lowest BCUT2D eigenvalue weighted by Gasteiger charge is -2.45. The zero-order valence-corrected chi connectivity index (χ0v) is 18.8. The van der Waals surface area contributed by atoms with E-state index in [9.17, 15) is 9.18 Å². The van der Waals surface area contributed by atoms with Crippen LogP contribution < -0.4 is 10.2 Å². The van der Waals surface area contributed by atoms with Gasteiger partial charge in [-0.15, -0.1) is 0 Å². The van der Waals surface area contributed by atoms with Crippen LogP contribution in [0.15, 0.2) is 48.5 Å². The Bertz CT molecular complexity index is 934. The number of fused-ring (bicyclic) bond motifs is 1. The molecule has 0 bridgehead atoms. The van der Waals surface area contributed by atoms with Crippen molar-refractivity contribution in [2.45, 2.75) is 57.0 Å². The number of nitrogens with one attached hydrogen (secondary N) is 1. The van der Waals surface area contributed by atoms with Crippen LogP contribution in [-0.4, -0.2) is 48.9 Å². The zero-order chi connectivity index (χ0) is 21.9. The summed E-state index contributed by atoms with van der Waals surface area (Å²) in [7, 11) is 0. The molecule has 4 nitrogen and oxygen atoms in total. The molecular weight excluding hydrogens is 401 g/mol. The van der Waals surface area contributed by atoms with E-state index >= 15 is 0 Å². The van der Waals surface area contributed by atoms with Crippen LogP contribution >= 0.6 is 0 Å². The van der Waals surface area contributed by atoms with E-state index in [1.54, 1.807) is 6.07 Å². The maximum atomic E-state index is 14.3. The average Bonchev–Trinajstić information content (AvgIpc) is 2.85. The molecule has 0 radical (unpaired) electrons. The lowest BCUT2D eigenvalue weighted by molar-refractivity contribution is -0.130. The summed E-state index contributed by atoms with van der Waals surface area (Å²) in [6.45, 7) is 3.08. The topological polar surface area (TPSA) is 35.6 Å². The fourth-order valence-electron chi connectivity index (χ4n) is 5.91. The third-order valence-electron chi connectivity index (χ3n) is 7.66. The number of piperazine rings is 1. The molecule has 2 unspecified atom stereocenters. The van der Waals surface area contributed by atoms with E-state index < -0.39 is 0 Å². The summed E-state index contributed by atoms with van der Waals surface area (Å²) in [5.74, 6) is 0.458. The van der Waals surface area contributed by atoms with Gasteiger partial charge in [-0.05, 0) is 49.4 Å². The van der Waals surface area contributed by atoms with Gasteiger partial charge in [-0.1, -0.05) is 49.6 Å². The third kappa shape index (κ3) is 4.40. The molecule has 2 aliphatic heterocycles. The lowest BCUT2D eigenvalue weighted by Crippen LogP contribution is -2.60. The van der Waals surface area contributed by atoms with E-state index in [1.165, 1.54) is 36.6 Å². The molecule has 2 aromatic carbocycles. The van der Waals surface area contributed by atoms with Gasteiger partial charge in [0.05, 0.1) is 11.7 Å². The van der Waals surface area contributed by atoms with E-state index in [4.69, 9.17) is 0 Å². The first-order chi connectivity index (χ1) is 15.7. The summed E-state index contributed by atoms with van der Waals surface area (Å²) in [5.41, 5.74) is 3.19. The Labute approximate surface area is 190 Å². The van der Waals surface area contributed by atoms with Crippen molar-refractivity contribution in [3.05, 3.63) is 59.9 Å². The standard InChI is InChI=1S/C27H34FN3O/c28-22-11-5-7-13-25(22)30-16-18-31(19-17-30)26(27(32)21-9-2-1-3-10-21)24-15-14-20-8-4-6-12-23(20)29-24/h4-8,11-13,21,24,26,29H,1-3,9-10,14-19H2. The SMILES string of the molecule is O=C(C1CCCCC1)C(C1CCc2ccccc2N1)N1CCN(c2ccccc2F)CC1. The molecule has 0 aromatic heterocycles. The number of hydrogen-bond acceptors (Lipinski definition) is 4. The van der Waals surface area contributed by atoms with E-state index in [-0.39, 0.29) is 23.8 Å². The van der Waals surface area contributed by atoms with Gasteiger partial charge in [0.15, 0.2) is 5.78 Å². The number of carbonyl (C=O) groups is 1. The van der Waals surface area contributed by atoms with Gasteiger partial charge in [0, 0.05) is 43.8 Å². The Kier molecular flexibility index (Phi) is 6.44. The summed E-state index contributed by atoms with van der Waals surface area (Å²) in [4.78, 5) is 18.4. The van der Waals surface area contributed by atoms with Crippen LogP contribution in [0.25, 0.3) is 0 Å². The van der Waals surface area contributed by atoms with Crippen LogP contribution in [-0.2, 0) is 11.2 Å². The number of anilines is 2. The molecule has 1 saturated heterocycles. The summed E-state index contributed by atoms with van der Waals surface area (Å²) in [5, 5.41) is 3.73. The van der Waals surface area contributed by atoms with Gasteiger partial charge < -0.3 is 10.2 Å². The second-order valence-corrected chi connectivity index (χ2v) is 9.60. The minimum absolute atomic E-state index is 0.103. The highest BCUT2D eigenvalue weighted by molar-refractivity contribution is 5.88. The first-order valence-electron chi connectivity index (χ1n) is 12.3. The predicted octanol–water partition coefficient (Wildman–Crippen LogP) is 4.89. The Morgan fingerprint density at radius 1 is 0.906 bits per heavy atom. The van der Waals surface area contributed by atoms with Crippen LogP contribution in [0.1, 0.15) is 44.1 Å². The number of nitrogens with zero attached hydrogens (tertiary/aromatic N) is 2. The Balaban J connectivity index is 1.34. The first-order valence-corrected chi connectivity index (χ1v) is 12.3. The number of para-hydroxylation sites is 2. The molecule has 0 spiro atoms. The van der Waals surface area contributed by atoms with Gasteiger partial charge in [0.2, 0.25) is 0 Å². The Morgan fingerprint density at radius 3 is 2.41 bits per heavy atom.